The Morgan fingerprint density at radius 3 is 2.71 bits per heavy atom. The highest BCUT2D eigenvalue weighted by molar-refractivity contribution is 6.44. The van der Waals surface area contributed by atoms with Crippen LogP contribution in [-0.2, 0) is 6.54 Å². The van der Waals surface area contributed by atoms with E-state index in [2.05, 4.69) is 5.32 Å². The fourth-order valence-electron chi connectivity index (χ4n) is 1.89. The topological polar surface area (TPSA) is 64.3 Å². The number of nitrogen functional groups attached to an aromatic ring is 1. The first kappa shape index (κ1) is 15.5. The number of rotatable bonds is 4. The van der Waals surface area contributed by atoms with Crippen LogP contribution in [0.5, 0.6) is 5.75 Å². The summed E-state index contributed by atoms with van der Waals surface area (Å²) in [5.74, 6) is 0.356. The van der Waals surface area contributed by atoms with E-state index in [-0.39, 0.29) is 21.5 Å². The van der Waals surface area contributed by atoms with E-state index in [1.165, 1.54) is 12.1 Å². The average molecular weight is 325 g/mol. The lowest BCUT2D eigenvalue weighted by Crippen LogP contribution is -2.23. The highest BCUT2D eigenvalue weighted by atomic mass is 35.5. The van der Waals surface area contributed by atoms with Crippen LogP contribution >= 0.6 is 23.2 Å². The van der Waals surface area contributed by atoms with Gasteiger partial charge in [-0.1, -0.05) is 41.4 Å². The van der Waals surface area contributed by atoms with Crippen molar-refractivity contribution in [2.45, 2.75) is 6.54 Å². The molecule has 21 heavy (non-hydrogen) atoms. The predicted molar refractivity (Wildman–Crippen MR) is 85.0 cm³/mol. The molecule has 0 saturated carbocycles. The van der Waals surface area contributed by atoms with E-state index >= 15 is 0 Å². The Kier molecular flexibility index (Phi) is 4.94. The molecule has 3 N–H and O–H groups in total. The van der Waals surface area contributed by atoms with Crippen LogP contribution in [0.1, 0.15) is 15.9 Å². The lowest BCUT2D eigenvalue weighted by molar-refractivity contribution is 0.0951. The van der Waals surface area contributed by atoms with Crippen molar-refractivity contribution >= 4 is 34.8 Å². The standard InChI is InChI=1S/C15H14Cl2N2O2/c1-21-13-5-3-2-4-9(13)8-19-15(20)11-6-10(18)7-12(16)14(11)17/h2-7H,8,18H2,1H3,(H,19,20). The number of benzene rings is 2. The van der Waals surface area contributed by atoms with Crippen LogP contribution in [0.4, 0.5) is 5.69 Å². The second kappa shape index (κ2) is 6.70. The minimum atomic E-state index is -0.347. The smallest absolute Gasteiger partial charge is 0.253 e. The van der Waals surface area contributed by atoms with Crippen molar-refractivity contribution in [1.29, 1.82) is 0 Å². The molecule has 0 radical (unpaired) electrons. The highest BCUT2D eigenvalue weighted by Crippen LogP contribution is 2.28. The van der Waals surface area contributed by atoms with Crippen LogP contribution in [-0.4, -0.2) is 13.0 Å². The normalized spacial score (nSPS) is 10.2. The van der Waals surface area contributed by atoms with Gasteiger partial charge in [-0.25, -0.2) is 0 Å². The molecule has 2 rings (SSSR count). The van der Waals surface area contributed by atoms with Crippen LogP contribution in [0, 0.1) is 0 Å². The van der Waals surface area contributed by atoms with Gasteiger partial charge in [-0.3, -0.25) is 4.79 Å². The van der Waals surface area contributed by atoms with Gasteiger partial charge in [0.15, 0.2) is 0 Å². The summed E-state index contributed by atoms with van der Waals surface area (Å²) in [5.41, 5.74) is 7.16. The molecule has 0 aliphatic heterocycles. The lowest BCUT2D eigenvalue weighted by Gasteiger charge is -2.11. The van der Waals surface area contributed by atoms with Gasteiger partial charge in [0.2, 0.25) is 0 Å². The molecule has 2 aromatic carbocycles. The number of methoxy groups -OCH3 is 1. The molecule has 0 spiro atoms. The van der Waals surface area contributed by atoms with Crippen LogP contribution in [0.2, 0.25) is 10.0 Å². The summed E-state index contributed by atoms with van der Waals surface area (Å²) in [5, 5.41) is 3.20. The fourth-order valence-corrected chi connectivity index (χ4v) is 2.32. The van der Waals surface area contributed by atoms with Crippen molar-refractivity contribution in [3.63, 3.8) is 0 Å². The average Bonchev–Trinajstić information content (AvgIpc) is 2.48. The Bertz CT molecular complexity index is 675. The maximum Gasteiger partial charge on any atom is 0.253 e. The van der Waals surface area contributed by atoms with E-state index in [4.69, 9.17) is 33.7 Å². The summed E-state index contributed by atoms with van der Waals surface area (Å²) in [6, 6.07) is 10.4. The number of nitrogens with one attached hydrogen (secondary N) is 1. The number of carbonyl (C=O) groups is 1. The first-order valence-corrected chi connectivity index (χ1v) is 6.93. The summed E-state index contributed by atoms with van der Waals surface area (Å²) in [7, 11) is 1.58. The number of hydrogen-bond donors (Lipinski definition) is 2. The first-order valence-electron chi connectivity index (χ1n) is 6.17. The van der Waals surface area contributed by atoms with E-state index in [0.717, 1.165) is 5.56 Å². The molecule has 2 aromatic rings. The largest absolute Gasteiger partial charge is 0.496 e. The zero-order valence-corrected chi connectivity index (χ0v) is 12.8. The molecule has 0 aliphatic carbocycles. The Morgan fingerprint density at radius 2 is 2.00 bits per heavy atom. The molecule has 0 heterocycles. The summed E-state index contributed by atoms with van der Waals surface area (Å²) in [6.45, 7) is 0.311. The van der Waals surface area contributed by atoms with Crippen molar-refractivity contribution in [2.24, 2.45) is 0 Å². The van der Waals surface area contributed by atoms with Crippen molar-refractivity contribution < 1.29 is 9.53 Å². The summed E-state index contributed by atoms with van der Waals surface area (Å²) < 4.78 is 5.23. The Balaban J connectivity index is 2.16. The molecule has 0 unspecified atom stereocenters. The second-order valence-corrected chi connectivity index (χ2v) is 5.14. The minimum Gasteiger partial charge on any atom is -0.496 e. The number of anilines is 1. The predicted octanol–water partition coefficient (Wildman–Crippen LogP) is 3.51. The first-order chi connectivity index (χ1) is 10.0. The zero-order valence-electron chi connectivity index (χ0n) is 11.3. The Morgan fingerprint density at radius 1 is 1.29 bits per heavy atom. The van der Waals surface area contributed by atoms with Gasteiger partial charge in [-0.05, 0) is 18.2 Å². The molecule has 0 aromatic heterocycles. The molecule has 1 amide bonds. The molecular formula is C15H14Cl2N2O2. The monoisotopic (exact) mass is 324 g/mol. The van der Waals surface area contributed by atoms with E-state index in [0.29, 0.717) is 18.0 Å². The van der Waals surface area contributed by atoms with Crippen molar-refractivity contribution in [2.75, 3.05) is 12.8 Å². The summed E-state index contributed by atoms with van der Waals surface area (Å²) >= 11 is 11.9. The molecule has 4 nitrogen and oxygen atoms in total. The van der Waals surface area contributed by atoms with E-state index in [1.807, 2.05) is 24.3 Å². The number of carbonyl (C=O) groups excluding carboxylic acids is 1. The maximum absolute atomic E-state index is 12.2. The Labute approximate surface area is 132 Å². The summed E-state index contributed by atoms with van der Waals surface area (Å²) in [6.07, 6.45) is 0. The van der Waals surface area contributed by atoms with Crippen LogP contribution in [0.15, 0.2) is 36.4 Å². The van der Waals surface area contributed by atoms with E-state index in [1.54, 1.807) is 7.11 Å². The number of nitrogens with two attached hydrogens (primary N) is 1. The minimum absolute atomic E-state index is 0.184. The molecule has 110 valence electrons. The summed E-state index contributed by atoms with van der Waals surface area (Å²) in [4.78, 5) is 12.2. The van der Waals surface area contributed by atoms with Crippen LogP contribution in [0.3, 0.4) is 0 Å². The van der Waals surface area contributed by atoms with Crippen LogP contribution < -0.4 is 15.8 Å². The number of ether oxygens (including phenoxy) is 1. The van der Waals surface area contributed by atoms with Gasteiger partial charge >= 0.3 is 0 Å². The van der Waals surface area contributed by atoms with Gasteiger partial charge in [0, 0.05) is 17.8 Å². The quantitative estimate of drug-likeness (QED) is 0.846. The highest BCUT2D eigenvalue weighted by Gasteiger charge is 2.14. The van der Waals surface area contributed by atoms with Crippen molar-refractivity contribution in [3.8, 4) is 5.75 Å². The van der Waals surface area contributed by atoms with Gasteiger partial charge in [-0.2, -0.15) is 0 Å². The van der Waals surface area contributed by atoms with Gasteiger partial charge in [0.05, 0.1) is 22.7 Å². The SMILES string of the molecule is COc1ccccc1CNC(=O)c1cc(N)cc(Cl)c1Cl. The molecule has 0 saturated heterocycles. The van der Waals surface area contributed by atoms with Crippen LogP contribution in [0.25, 0.3) is 0 Å². The van der Waals surface area contributed by atoms with Crippen molar-refractivity contribution in [1.82, 2.24) is 5.32 Å². The van der Waals surface area contributed by atoms with Gasteiger partial charge in [0.1, 0.15) is 5.75 Å². The number of halogens is 2. The third-order valence-electron chi connectivity index (χ3n) is 2.93. The van der Waals surface area contributed by atoms with Gasteiger partial charge in [0.25, 0.3) is 5.91 Å². The molecule has 0 aliphatic rings. The van der Waals surface area contributed by atoms with E-state index < -0.39 is 0 Å². The zero-order chi connectivity index (χ0) is 15.4. The Hall–Kier alpha value is -1.91. The second-order valence-electron chi connectivity index (χ2n) is 4.36. The van der Waals surface area contributed by atoms with E-state index in [9.17, 15) is 4.79 Å². The van der Waals surface area contributed by atoms with Gasteiger partial charge in [-0.15, -0.1) is 0 Å². The molecule has 0 atom stereocenters. The third-order valence-corrected chi connectivity index (χ3v) is 3.73. The molecular weight excluding hydrogens is 311 g/mol. The number of para-hydroxylation sites is 1. The third kappa shape index (κ3) is 3.60. The molecule has 0 bridgehead atoms. The maximum atomic E-state index is 12.2. The molecule has 6 heteroatoms. The fraction of sp³-hybridized carbons (Fsp3) is 0.133. The van der Waals surface area contributed by atoms with Gasteiger partial charge < -0.3 is 15.8 Å². The number of amides is 1. The molecule has 0 fully saturated rings. The van der Waals surface area contributed by atoms with Crippen molar-refractivity contribution in [3.05, 3.63) is 57.6 Å². The number of hydrogen-bond acceptors (Lipinski definition) is 3. The lowest BCUT2D eigenvalue weighted by atomic mass is 10.1.